The molecule has 1 rings (SSSR count). The average molecular weight is 313 g/mol. The van der Waals surface area contributed by atoms with Crippen molar-refractivity contribution in [3.63, 3.8) is 0 Å². The van der Waals surface area contributed by atoms with Crippen LogP contribution in [0.4, 0.5) is 0 Å². The minimum atomic E-state index is -3.68. The SMILES string of the molecule is CCN(CC)CC(C)(C)COS(=O)(=O)c1ccc(C)cc1. The van der Waals surface area contributed by atoms with Gasteiger partial charge in [0.1, 0.15) is 0 Å². The van der Waals surface area contributed by atoms with Crippen LogP contribution in [0.3, 0.4) is 0 Å². The van der Waals surface area contributed by atoms with Gasteiger partial charge in [-0.15, -0.1) is 0 Å². The Balaban J connectivity index is 2.70. The van der Waals surface area contributed by atoms with Gasteiger partial charge in [-0.3, -0.25) is 4.18 Å². The molecule has 0 spiro atoms. The Kier molecular flexibility index (Phi) is 6.38. The van der Waals surface area contributed by atoms with Crippen molar-refractivity contribution >= 4 is 10.1 Å². The summed E-state index contributed by atoms with van der Waals surface area (Å²) in [5, 5.41) is 0. The lowest BCUT2D eigenvalue weighted by atomic mass is 9.94. The third-order valence-corrected chi connectivity index (χ3v) is 4.74. The van der Waals surface area contributed by atoms with Crippen LogP contribution >= 0.6 is 0 Å². The molecule has 5 heteroatoms. The summed E-state index contributed by atoms with van der Waals surface area (Å²) >= 11 is 0. The molecular weight excluding hydrogens is 286 g/mol. The summed E-state index contributed by atoms with van der Waals surface area (Å²) in [5.41, 5.74) is 0.805. The molecule has 0 saturated carbocycles. The molecule has 0 bridgehead atoms. The fourth-order valence-electron chi connectivity index (χ4n) is 2.11. The Hall–Kier alpha value is -0.910. The monoisotopic (exact) mass is 313 g/mol. The zero-order chi connectivity index (χ0) is 16.1. The van der Waals surface area contributed by atoms with Gasteiger partial charge < -0.3 is 4.90 Å². The Bertz CT molecular complexity index is 531. The van der Waals surface area contributed by atoms with Crippen molar-refractivity contribution in [3.05, 3.63) is 29.8 Å². The van der Waals surface area contributed by atoms with Crippen molar-refractivity contribution < 1.29 is 12.6 Å². The molecular formula is C16H27NO3S. The molecule has 0 N–H and O–H groups in total. The molecule has 0 aliphatic carbocycles. The van der Waals surface area contributed by atoms with Crippen LogP contribution < -0.4 is 0 Å². The van der Waals surface area contributed by atoms with Crippen LogP contribution in [0.2, 0.25) is 0 Å². The molecule has 0 saturated heterocycles. The first kappa shape index (κ1) is 18.1. The third kappa shape index (κ3) is 5.77. The van der Waals surface area contributed by atoms with Crippen molar-refractivity contribution in [1.82, 2.24) is 4.90 Å². The summed E-state index contributed by atoms with van der Waals surface area (Å²) in [7, 11) is -3.68. The lowest BCUT2D eigenvalue weighted by molar-refractivity contribution is 0.125. The van der Waals surface area contributed by atoms with Crippen LogP contribution in [0.5, 0.6) is 0 Å². The van der Waals surface area contributed by atoms with E-state index in [2.05, 4.69) is 18.7 Å². The molecule has 1 aromatic rings. The molecule has 4 nitrogen and oxygen atoms in total. The second kappa shape index (κ2) is 7.38. The molecule has 0 aromatic heterocycles. The second-order valence-electron chi connectivity index (χ2n) is 6.15. The van der Waals surface area contributed by atoms with Gasteiger partial charge in [0.15, 0.2) is 0 Å². The summed E-state index contributed by atoms with van der Waals surface area (Å²) in [6, 6.07) is 6.72. The third-order valence-electron chi connectivity index (χ3n) is 3.46. The Labute approximate surface area is 129 Å². The van der Waals surface area contributed by atoms with Gasteiger partial charge in [0.25, 0.3) is 10.1 Å². The Morgan fingerprint density at radius 2 is 1.62 bits per heavy atom. The molecule has 1 aromatic carbocycles. The minimum absolute atomic E-state index is 0.180. The fourth-order valence-corrected chi connectivity index (χ4v) is 3.19. The highest BCUT2D eigenvalue weighted by atomic mass is 32.2. The summed E-state index contributed by atoms with van der Waals surface area (Å²) in [4.78, 5) is 2.48. The van der Waals surface area contributed by atoms with Crippen molar-refractivity contribution in [1.29, 1.82) is 0 Å². The number of hydrogen-bond acceptors (Lipinski definition) is 4. The van der Waals surface area contributed by atoms with Gasteiger partial charge in [-0.2, -0.15) is 8.42 Å². The first-order chi connectivity index (χ1) is 9.70. The number of nitrogens with zero attached hydrogens (tertiary/aromatic N) is 1. The molecule has 0 atom stereocenters. The first-order valence-corrected chi connectivity index (χ1v) is 8.79. The van der Waals surface area contributed by atoms with E-state index in [-0.39, 0.29) is 16.9 Å². The van der Waals surface area contributed by atoms with Crippen molar-refractivity contribution in [2.75, 3.05) is 26.2 Å². The fraction of sp³-hybridized carbons (Fsp3) is 0.625. The maximum absolute atomic E-state index is 12.2. The number of hydrogen-bond donors (Lipinski definition) is 0. The maximum Gasteiger partial charge on any atom is 0.296 e. The maximum atomic E-state index is 12.2. The van der Waals surface area contributed by atoms with E-state index in [1.807, 2.05) is 20.8 Å². The molecule has 0 fully saturated rings. The largest absolute Gasteiger partial charge is 0.303 e. The van der Waals surface area contributed by atoms with Crippen LogP contribution in [0.1, 0.15) is 33.3 Å². The van der Waals surface area contributed by atoms with Gasteiger partial charge in [-0.05, 0) is 32.1 Å². The van der Waals surface area contributed by atoms with Crippen molar-refractivity contribution in [2.45, 2.75) is 39.5 Å². The van der Waals surface area contributed by atoms with Crippen molar-refractivity contribution in [2.24, 2.45) is 5.41 Å². The van der Waals surface area contributed by atoms with Gasteiger partial charge in [0.05, 0.1) is 11.5 Å². The molecule has 21 heavy (non-hydrogen) atoms. The van der Waals surface area contributed by atoms with Crippen LogP contribution in [-0.4, -0.2) is 39.6 Å². The zero-order valence-electron chi connectivity index (χ0n) is 13.7. The van der Waals surface area contributed by atoms with E-state index in [1.165, 1.54) is 0 Å². The van der Waals surface area contributed by atoms with E-state index in [9.17, 15) is 8.42 Å². The van der Waals surface area contributed by atoms with Crippen LogP contribution in [0.25, 0.3) is 0 Å². The topological polar surface area (TPSA) is 46.6 Å². The zero-order valence-corrected chi connectivity index (χ0v) is 14.5. The van der Waals surface area contributed by atoms with E-state index in [1.54, 1.807) is 24.3 Å². The molecule has 0 aliphatic heterocycles. The standard InChI is InChI=1S/C16H27NO3S/c1-6-17(7-2)12-16(4,5)13-20-21(18,19)15-10-8-14(3)9-11-15/h8-11H,6-7,12-13H2,1-5H3. The quantitative estimate of drug-likeness (QED) is 0.692. The predicted molar refractivity (Wildman–Crippen MR) is 85.9 cm³/mol. The van der Waals surface area contributed by atoms with E-state index in [0.717, 1.165) is 25.2 Å². The van der Waals surface area contributed by atoms with E-state index < -0.39 is 10.1 Å². The van der Waals surface area contributed by atoms with Gasteiger partial charge in [0.2, 0.25) is 0 Å². The van der Waals surface area contributed by atoms with E-state index >= 15 is 0 Å². The smallest absolute Gasteiger partial charge is 0.296 e. The van der Waals surface area contributed by atoms with E-state index in [0.29, 0.717) is 0 Å². The number of benzene rings is 1. The van der Waals surface area contributed by atoms with Crippen LogP contribution in [0.15, 0.2) is 29.2 Å². The highest BCUT2D eigenvalue weighted by molar-refractivity contribution is 7.86. The van der Waals surface area contributed by atoms with Gasteiger partial charge in [-0.1, -0.05) is 45.4 Å². The number of aryl methyl sites for hydroxylation is 1. The second-order valence-corrected chi connectivity index (χ2v) is 7.77. The van der Waals surface area contributed by atoms with Crippen molar-refractivity contribution in [3.8, 4) is 0 Å². The molecule has 120 valence electrons. The lowest BCUT2D eigenvalue weighted by Crippen LogP contribution is -2.37. The summed E-state index contributed by atoms with van der Waals surface area (Å²) in [6.07, 6.45) is 0. The lowest BCUT2D eigenvalue weighted by Gasteiger charge is -2.30. The number of rotatable bonds is 8. The van der Waals surface area contributed by atoms with Gasteiger partial charge >= 0.3 is 0 Å². The Morgan fingerprint density at radius 1 is 1.10 bits per heavy atom. The highest BCUT2D eigenvalue weighted by Gasteiger charge is 2.25. The molecule has 0 heterocycles. The highest BCUT2D eigenvalue weighted by Crippen LogP contribution is 2.21. The first-order valence-electron chi connectivity index (χ1n) is 7.38. The van der Waals surface area contributed by atoms with Gasteiger partial charge in [-0.25, -0.2) is 0 Å². The minimum Gasteiger partial charge on any atom is -0.303 e. The normalized spacial score (nSPS) is 12.9. The molecule has 0 radical (unpaired) electrons. The average Bonchev–Trinajstić information content (AvgIpc) is 2.43. The molecule has 0 unspecified atom stereocenters. The predicted octanol–water partition coefficient (Wildman–Crippen LogP) is 3.07. The molecule has 0 aliphatic rings. The summed E-state index contributed by atoms with van der Waals surface area (Å²) < 4.78 is 29.6. The Morgan fingerprint density at radius 3 is 2.10 bits per heavy atom. The molecule has 0 amide bonds. The van der Waals surface area contributed by atoms with E-state index in [4.69, 9.17) is 4.18 Å². The van der Waals surface area contributed by atoms with Crippen LogP contribution in [-0.2, 0) is 14.3 Å². The summed E-state index contributed by atoms with van der Waals surface area (Å²) in [5.74, 6) is 0. The summed E-state index contributed by atoms with van der Waals surface area (Å²) in [6.45, 7) is 13.1. The van der Waals surface area contributed by atoms with Crippen LogP contribution in [0, 0.1) is 12.3 Å². The van der Waals surface area contributed by atoms with Gasteiger partial charge in [0, 0.05) is 12.0 Å².